The Balaban J connectivity index is 1.66. The number of rotatable bonds is 3. The highest BCUT2D eigenvalue weighted by Crippen LogP contribution is 2.08. The molecule has 1 saturated heterocycles. The highest BCUT2D eigenvalue weighted by atomic mass is 16.5. The van der Waals surface area contributed by atoms with Crippen molar-refractivity contribution in [2.75, 3.05) is 26.3 Å². The van der Waals surface area contributed by atoms with Crippen LogP contribution in [0.5, 0.6) is 0 Å². The van der Waals surface area contributed by atoms with E-state index in [1.807, 2.05) is 0 Å². The van der Waals surface area contributed by atoms with Crippen molar-refractivity contribution in [3.63, 3.8) is 0 Å². The van der Waals surface area contributed by atoms with Gasteiger partial charge >= 0.3 is 0 Å². The zero-order chi connectivity index (χ0) is 13.1. The van der Waals surface area contributed by atoms with E-state index in [0.29, 0.717) is 24.2 Å². The molecule has 1 aliphatic heterocycles. The third kappa shape index (κ3) is 2.56. The molecule has 100 valence electrons. The van der Waals surface area contributed by atoms with Gasteiger partial charge in [0.1, 0.15) is 0 Å². The summed E-state index contributed by atoms with van der Waals surface area (Å²) < 4.78 is 6.96. The van der Waals surface area contributed by atoms with Crippen LogP contribution in [0.4, 0.5) is 0 Å². The van der Waals surface area contributed by atoms with Gasteiger partial charge in [0.05, 0.1) is 36.7 Å². The van der Waals surface area contributed by atoms with Crippen LogP contribution in [0.15, 0.2) is 24.8 Å². The van der Waals surface area contributed by atoms with Gasteiger partial charge < -0.3 is 15.4 Å². The molecule has 2 N–H and O–H groups in total. The fraction of sp³-hybridized carbons (Fsp3) is 0.417. The van der Waals surface area contributed by atoms with Crippen LogP contribution in [0.2, 0.25) is 0 Å². The number of hydrogen-bond acceptors (Lipinski definition) is 5. The van der Waals surface area contributed by atoms with Crippen LogP contribution in [0.1, 0.15) is 10.4 Å². The molecule has 1 aliphatic rings. The number of carbonyl (C=O) groups is 1. The fourth-order valence-electron chi connectivity index (χ4n) is 2.07. The van der Waals surface area contributed by atoms with Gasteiger partial charge in [-0.2, -0.15) is 5.10 Å². The zero-order valence-electron chi connectivity index (χ0n) is 10.4. The van der Waals surface area contributed by atoms with E-state index in [4.69, 9.17) is 4.74 Å². The van der Waals surface area contributed by atoms with Gasteiger partial charge in [-0.05, 0) is 0 Å². The summed E-state index contributed by atoms with van der Waals surface area (Å²) in [5.41, 5.74) is 1.23. The predicted molar refractivity (Wildman–Crippen MR) is 67.9 cm³/mol. The first-order valence-corrected chi connectivity index (χ1v) is 6.21. The Labute approximate surface area is 110 Å². The first-order valence-electron chi connectivity index (χ1n) is 6.21. The first kappa shape index (κ1) is 12.1. The molecule has 0 aliphatic carbocycles. The molecule has 1 amide bonds. The molecule has 0 aromatic carbocycles. The lowest BCUT2D eigenvalue weighted by Gasteiger charge is -2.23. The van der Waals surface area contributed by atoms with Crippen molar-refractivity contribution in [1.29, 1.82) is 0 Å². The Morgan fingerprint density at radius 1 is 1.58 bits per heavy atom. The maximum atomic E-state index is 12.1. The molecule has 0 radical (unpaired) electrons. The predicted octanol–water partition coefficient (Wildman–Crippen LogP) is -0.552. The maximum absolute atomic E-state index is 12.1. The Morgan fingerprint density at radius 2 is 2.53 bits per heavy atom. The second-order valence-electron chi connectivity index (χ2n) is 4.40. The summed E-state index contributed by atoms with van der Waals surface area (Å²) in [6, 6.07) is 0.165. The summed E-state index contributed by atoms with van der Waals surface area (Å²) >= 11 is 0. The minimum atomic E-state index is -0.143. The van der Waals surface area contributed by atoms with Crippen molar-refractivity contribution in [2.24, 2.45) is 0 Å². The molecule has 0 spiro atoms. The second kappa shape index (κ2) is 5.33. The van der Waals surface area contributed by atoms with Crippen LogP contribution in [0, 0.1) is 0 Å². The molecule has 2 aromatic rings. The Morgan fingerprint density at radius 3 is 3.37 bits per heavy atom. The first-order chi connectivity index (χ1) is 9.34. The average Bonchev–Trinajstić information content (AvgIpc) is 2.90. The van der Waals surface area contributed by atoms with Crippen molar-refractivity contribution >= 4 is 11.4 Å². The number of nitrogens with one attached hydrogen (secondary N) is 2. The topological polar surface area (TPSA) is 80.5 Å². The molecular formula is C12H15N5O2. The lowest BCUT2D eigenvalue weighted by molar-refractivity contribution is 0.0735. The second-order valence-corrected chi connectivity index (χ2v) is 4.40. The van der Waals surface area contributed by atoms with E-state index in [9.17, 15) is 4.79 Å². The summed E-state index contributed by atoms with van der Waals surface area (Å²) in [6.07, 6.45) is 6.52. The molecule has 1 atom stereocenters. The summed E-state index contributed by atoms with van der Waals surface area (Å²) in [5, 5.41) is 10.3. The molecule has 1 fully saturated rings. The normalized spacial score (nSPS) is 19.5. The quantitative estimate of drug-likeness (QED) is 0.774. The summed E-state index contributed by atoms with van der Waals surface area (Å²) in [7, 11) is 0. The Bertz CT molecular complexity index is 576. The molecule has 2 aromatic heterocycles. The third-order valence-electron chi connectivity index (χ3n) is 3.08. The van der Waals surface area contributed by atoms with Crippen molar-refractivity contribution in [3.8, 4) is 0 Å². The summed E-state index contributed by atoms with van der Waals surface area (Å²) in [5.74, 6) is -0.143. The smallest absolute Gasteiger partial charge is 0.255 e. The molecule has 19 heavy (non-hydrogen) atoms. The van der Waals surface area contributed by atoms with E-state index in [2.05, 4.69) is 20.7 Å². The van der Waals surface area contributed by atoms with Gasteiger partial charge in [-0.1, -0.05) is 0 Å². The van der Waals surface area contributed by atoms with Crippen LogP contribution in [0.3, 0.4) is 0 Å². The number of aromatic nitrogens is 3. The fourth-order valence-corrected chi connectivity index (χ4v) is 2.07. The van der Waals surface area contributed by atoms with Gasteiger partial charge in [0.25, 0.3) is 5.91 Å². The molecule has 7 heteroatoms. The van der Waals surface area contributed by atoms with E-state index in [1.165, 1.54) is 0 Å². The molecule has 0 bridgehead atoms. The molecule has 3 rings (SSSR count). The van der Waals surface area contributed by atoms with Gasteiger partial charge in [-0.25, -0.2) is 4.52 Å². The third-order valence-corrected chi connectivity index (χ3v) is 3.08. The van der Waals surface area contributed by atoms with Crippen molar-refractivity contribution in [2.45, 2.75) is 6.04 Å². The molecular weight excluding hydrogens is 246 g/mol. The molecule has 3 heterocycles. The number of fused-ring (bicyclic) bond motifs is 1. The van der Waals surface area contributed by atoms with Gasteiger partial charge in [-0.15, -0.1) is 0 Å². The largest absolute Gasteiger partial charge is 0.378 e. The lowest BCUT2D eigenvalue weighted by Crippen LogP contribution is -2.48. The SMILES string of the molecule is O=C(NCC1COCCN1)c1cnn2ccncc12. The van der Waals surface area contributed by atoms with Crippen LogP contribution in [-0.4, -0.2) is 52.9 Å². The van der Waals surface area contributed by atoms with Crippen LogP contribution in [0.25, 0.3) is 5.52 Å². The number of amides is 1. The number of hydrogen-bond donors (Lipinski definition) is 2. The number of nitrogens with zero attached hydrogens (tertiary/aromatic N) is 3. The lowest BCUT2D eigenvalue weighted by atomic mass is 10.2. The monoisotopic (exact) mass is 261 g/mol. The minimum Gasteiger partial charge on any atom is -0.378 e. The van der Waals surface area contributed by atoms with Crippen LogP contribution < -0.4 is 10.6 Å². The van der Waals surface area contributed by atoms with Gasteiger partial charge in [0.2, 0.25) is 0 Å². The number of morpholine rings is 1. The molecule has 0 saturated carbocycles. The Kier molecular flexibility index (Phi) is 3.39. The van der Waals surface area contributed by atoms with Crippen LogP contribution >= 0.6 is 0 Å². The molecule has 1 unspecified atom stereocenters. The Hall–Kier alpha value is -1.99. The van der Waals surface area contributed by atoms with Crippen molar-refractivity contribution < 1.29 is 9.53 Å². The van der Waals surface area contributed by atoms with Gasteiger partial charge in [-0.3, -0.25) is 9.78 Å². The number of ether oxygens (including phenoxy) is 1. The van der Waals surface area contributed by atoms with Gasteiger partial charge in [0, 0.05) is 31.5 Å². The van der Waals surface area contributed by atoms with E-state index >= 15 is 0 Å². The van der Waals surface area contributed by atoms with Crippen LogP contribution in [-0.2, 0) is 4.74 Å². The van der Waals surface area contributed by atoms with E-state index in [0.717, 1.165) is 13.2 Å². The number of carbonyl (C=O) groups excluding carboxylic acids is 1. The molecule has 7 nitrogen and oxygen atoms in total. The minimum absolute atomic E-state index is 0.143. The van der Waals surface area contributed by atoms with Crippen molar-refractivity contribution in [3.05, 3.63) is 30.4 Å². The zero-order valence-corrected chi connectivity index (χ0v) is 10.4. The summed E-state index contributed by atoms with van der Waals surface area (Å²) in [4.78, 5) is 16.1. The van der Waals surface area contributed by atoms with E-state index in [-0.39, 0.29) is 11.9 Å². The van der Waals surface area contributed by atoms with Gasteiger partial charge in [0.15, 0.2) is 0 Å². The van der Waals surface area contributed by atoms with E-state index in [1.54, 1.807) is 29.3 Å². The maximum Gasteiger partial charge on any atom is 0.255 e. The highest BCUT2D eigenvalue weighted by Gasteiger charge is 2.16. The highest BCUT2D eigenvalue weighted by molar-refractivity contribution is 6.00. The average molecular weight is 261 g/mol. The summed E-state index contributed by atoms with van der Waals surface area (Å²) in [6.45, 7) is 2.71. The van der Waals surface area contributed by atoms with Crippen molar-refractivity contribution in [1.82, 2.24) is 25.2 Å². The standard InChI is InChI=1S/C12H15N5O2/c18-12(15-5-9-8-19-4-2-14-9)10-6-16-17-3-1-13-7-11(10)17/h1,3,6-7,9,14H,2,4-5,8H2,(H,15,18). The van der Waals surface area contributed by atoms with E-state index < -0.39 is 0 Å².